The van der Waals surface area contributed by atoms with E-state index in [1.54, 1.807) is 4.90 Å². The number of hydrogen-bond acceptors (Lipinski definition) is 3. The number of carbonyl (C=O) groups excluding carboxylic acids is 1. The van der Waals surface area contributed by atoms with Crippen molar-refractivity contribution in [3.05, 3.63) is 29.8 Å². The van der Waals surface area contributed by atoms with E-state index in [9.17, 15) is 4.79 Å². The maximum atomic E-state index is 12.0. The summed E-state index contributed by atoms with van der Waals surface area (Å²) in [4.78, 5) is 13.6. The Bertz CT molecular complexity index is 450. The zero-order valence-corrected chi connectivity index (χ0v) is 9.10. The SMILES string of the molecule is CC1NCc2ccccc2N(CC#N)C1=O. The van der Waals surface area contributed by atoms with Crippen molar-refractivity contribution in [2.45, 2.75) is 19.5 Å². The summed E-state index contributed by atoms with van der Waals surface area (Å²) in [6.45, 7) is 2.57. The monoisotopic (exact) mass is 215 g/mol. The third kappa shape index (κ3) is 1.77. The molecule has 1 N–H and O–H groups in total. The van der Waals surface area contributed by atoms with E-state index in [1.807, 2.05) is 37.3 Å². The van der Waals surface area contributed by atoms with Gasteiger partial charge in [-0.25, -0.2) is 0 Å². The molecule has 1 atom stereocenters. The van der Waals surface area contributed by atoms with Crippen LogP contribution < -0.4 is 10.2 Å². The molecular formula is C12H13N3O. The van der Waals surface area contributed by atoms with E-state index in [-0.39, 0.29) is 18.5 Å². The molecule has 0 aliphatic carbocycles. The summed E-state index contributed by atoms with van der Waals surface area (Å²) in [6, 6.07) is 9.45. The fourth-order valence-electron chi connectivity index (χ4n) is 1.86. The highest BCUT2D eigenvalue weighted by Gasteiger charge is 2.26. The lowest BCUT2D eigenvalue weighted by Crippen LogP contribution is -2.42. The van der Waals surface area contributed by atoms with Crippen LogP contribution in [0, 0.1) is 11.3 Å². The second-order valence-corrected chi connectivity index (χ2v) is 3.81. The number of para-hydroxylation sites is 1. The molecule has 0 fully saturated rings. The van der Waals surface area contributed by atoms with Gasteiger partial charge in [-0.3, -0.25) is 9.69 Å². The largest absolute Gasteiger partial charge is 0.302 e. The summed E-state index contributed by atoms with van der Waals surface area (Å²) in [5, 5.41) is 11.9. The van der Waals surface area contributed by atoms with Crippen LogP contribution in [0.2, 0.25) is 0 Å². The van der Waals surface area contributed by atoms with Gasteiger partial charge in [0, 0.05) is 12.2 Å². The Morgan fingerprint density at radius 1 is 1.56 bits per heavy atom. The molecule has 0 saturated heterocycles. The van der Waals surface area contributed by atoms with Crippen molar-refractivity contribution in [2.75, 3.05) is 11.4 Å². The standard InChI is InChI=1S/C12H13N3O/c1-9-12(16)15(7-6-13)11-5-3-2-4-10(11)8-14-9/h2-5,9,14H,7-8H2,1H3. The van der Waals surface area contributed by atoms with Gasteiger partial charge in [0.2, 0.25) is 5.91 Å². The van der Waals surface area contributed by atoms with E-state index in [0.717, 1.165) is 11.3 Å². The maximum Gasteiger partial charge on any atom is 0.244 e. The first-order valence-electron chi connectivity index (χ1n) is 5.23. The average Bonchev–Trinajstić information content (AvgIpc) is 2.42. The van der Waals surface area contributed by atoms with Gasteiger partial charge in [-0.15, -0.1) is 0 Å². The van der Waals surface area contributed by atoms with E-state index in [2.05, 4.69) is 5.32 Å². The molecule has 16 heavy (non-hydrogen) atoms. The lowest BCUT2D eigenvalue weighted by atomic mass is 10.1. The molecule has 1 aromatic rings. The number of nitrogens with zero attached hydrogens (tertiary/aromatic N) is 2. The van der Waals surface area contributed by atoms with Gasteiger partial charge in [0.05, 0.1) is 12.1 Å². The van der Waals surface area contributed by atoms with Gasteiger partial charge in [-0.1, -0.05) is 18.2 Å². The zero-order valence-electron chi connectivity index (χ0n) is 9.10. The quantitative estimate of drug-likeness (QED) is 0.712. The molecule has 1 aromatic carbocycles. The Kier molecular flexibility index (Phi) is 2.88. The van der Waals surface area contributed by atoms with Gasteiger partial charge in [0.25, 0.3) is 0 Å². The van der Waals surface area contributed by atoms with Gasteiger partial charge in [-0.2, -0.15) is 5.26 Å². The minimum atomic E-state index is -0.249. The van der Waals surface area contributed by atoms with Crippen LogP contribution in [0.5, 0.6) is 0 Å². The highest BCUT2D eigenvalue weighted by Crippen LogP contribution is 2.23. The Labute approximate surface area is 94.5 Å². The summed E-state index contributed by atoms with van der Waals surface area (Å²) in [5.41, 5.74) is 1.89. The third-order valence-electron chi connectivity index (χ3n) is 2.75. The van der Waals surface area contributed by atoms with Crippen molar-refractivity contribution >= 4 is 11.6 Å². The van der Waals surface area contributed by atoms with Crippen LogP contribution in [0.25, 0.3) is 0 Å². The average molecular weight is 215 g/mol. The van der Waals surface area contributed by atoms with E-state index in [1.165, 1.54) is 0 Å². The van der Waals surface area contributed by atoms with Gasteiger partial charge in [-0.05, 0) is 18.6 Å². The fourth-order valence-corrected chi connectivity index (χ4v) is 1.86. The topological polar surface area (TPSA) is 56.1 Å². The van der Waals surface area contributed by atoms with E-state index in [4.69, 9.17) is 5.26 Å². The maximum absolute atomic E-state index is 12.0. The molecule has 82 valence electrons. The first-order valence-corrected chi connectivity index (χ1v) is 5.23. The van der Waals surface area contributed by atoms with Crippen LogP contribution in [0.15, 0.2) is 24.3 Å². The minimum absolute atomic E-state index is 0.0495. The predicted octanol–water partition coefficient (Wildman–Crippen LogP) is 1.03. The Balaban J connectivity index is 2.45. The number of nitrogens with one attached hydrogen (secondary N) is 1. The minimum Gasteiger partial charge on any atom is -0.302 e. The normalized spacial score (nSPS) is 19.9. The van der Waals surface area contributed by atoms with Gasteiger partial charge in [0.1, 0.15) is 6.54 Å². The molecule has 4 nitrogen and oxygen atoms in total. The third-order valence-corrected chi connectivity index (χ3v) is 2.75. The molecule has 1 unspecified atom stereocenters. The summed E-state index contributed by atoms with van der Waals surface area (Å²) in [6.07, 6.45) is 0. The van der Waals surface area contributed by atoms with Gasteiger partial charge < -0.3 is 5.32 Å². The second kappa shape index (κ2) is 4.33. The molecule has 0 aromatic heterocycles. The van der Waals surface area contributed by atoms with Crippen LogP contribution in [0.4, 0.5) is 5.69 Å². The van der Waals surface area contributed by atoms with Crippen LogP contribution in [-0.4, -0.2) is 18.5 Å². The van der Waals surface area contributed by atoms with Crippen LogP contribution in [0.3, 0.4) is 0 Å². The summed E-state index contributed by atoms with van der Waals surface area (Å²) < 4.78 is 0. The van der Waals surface area contributed by atoms with Crippen molar-refractivity contribution in [1.29, 1.82) is 5.26 Å². The molecule has 0 radical (unpaired) electrons. The summed E-state index contributed by atoms with van der Waals surface area (Å²) in [7, 11) is 0. The summed E-state index contributed by atoms with van der Waals surface area (Å²) in [5.74, 6) is -0.0495. The van der Waals surface area contributed by atoms with E-state index in [0.29, 0.717) is 6.54 Å². The van der Waals surface area contributed by atoms with Gasteiger partial charge in [0.15, 0.2) is 0 Å². The highest BCUT2D eigenvalue weighted by molar-refractivity contribution is 5.98. The molecule has 0 spiro atoms. The second-order valence-electron chi connectivity index (χ2n) is 3.81. The van der Waals surface area contributed by atoms with E-state index < -0.39 is 0 Å². The fraction of sp³-hybridized carbons (Fsp3) is 0.333. The Hall–Kier alpha value is -1.86. The molecule has 4 heteroatoms. The van der Waals surface area contributed by atoms with E-state index >= 15 is 0 Å². The molecule has 1 aliphatic rings. The lowest BCUT2D eigenvalue weighted by Gasteiger charge is -2.21. The van der Waals surface area contributed by atoms with Crippen molar-refractivity contribution in [2.24, 2.45) is 0 Å². The van der Waals surface area contributed by atoms with Crippen molar-refractivity contribution in [3.63, 3.8) is 0 Å². The number of carbonyl (C=O) groups is 1. The first kappa shape index (κ1) is 10.7. The predicted molar refractivity (Wildman–Crippen MR) is 60.7 cm³/mol. The zero-order chi connectivity index (χ0) is 11.5. The van der Waals surface area contributed by atoms with Crippen molar-refractivity contribution in [1.82, 2.24) is 5.32 Å². The molecule has 1 amide bonds. The smallest absolute Gasteiger partial charge is 0.244 e. The number of hydrogen-bond donors (Lipinski definition) is 1. The molecular weight excluding hydrogens is 202 g/mol. The molecule has 2 rings (SSSR count). The Morgan fingerprint density at radius 2 is 2.31 bits per heavy atom. The molecule has 1 aliphatic heterocycles. The van der Waals surface area contributed by atoms with Crippen molar-refractivity contribution in [3.8, 4) is 6.07 Å². The number of amides is 1. The number of rotatable bonds is 1. The molecule has 1 heterocycles. The first-order chi connectivity index (χ1) is 7.74. The van der Waals surface area contributed by atoms with Crippen molar-refractivity contribution < 1.29 is 4.79 Å². The number of anilines is 1. The number of fused-ring (bicyclic) bond motifs is 1. The highest BCUT2D eigenvalue weighted by atomic mass is 16.2. The Morgan fingerprint density at radius 3 is 3.06 bits per heavy atom. The summed E-state index contributed by atoms with van der Waals surface area (Å²) >= 11 is 0. The van der Waals surface area contributed by atoms with Crippen LogP contribution >= 0.6 is 0 Å². The molecule has 0 saturated carbocycles. The van der Waals surface area contributed by atoms with Crippen LogP contribution in [-0.2, 0) is 11.3 Å². The lowest BCUT2D eigenvalue weighted by molar-refractivity contribution is -0.120. The number of nitriles is 1. The van der Waals surface area contributed by atoms with Crippen LogP contribution in [0.1, 0.15) is 12.5 Å². The number of benzene rings is 1. The van der Waals surface area contributed by atoms with Gasteiger partial charge >= 0.3 is 0 Å². The molecule has 0 bridgehead atoms.